The average Bonchev–Trinajstić information content (AvgIpc) is 2.22. The molecule has 0 amide bonds. The van der Waals surface area contributed by atoms with Crippen LogP contribution in [0, 0.1) is 5.92 Å². The fraction of sp³-hybridized carbons (Fsp3) is 0.867. The lowest BCUT2D eigenvalue weighted by molar-refractivity contribution is 0.606. The van der Waals surface area contributed by atoms with Gasteiger partial charge in [0.05, 0.1) is 0 Å². The van der Waals surface area contributed by atoms with Crippen molar-refractivity contribution in [2.75, 3.05) is 0 Å². The molecule has 0 saturated heterocycles. The SMILES string of the molecule is CCCCCCCC/C=C/C(C)CCC. The van der Waals surface area contributed by atoms with E-state index >= 15 is 0 Å². The Bertz CT molecular complexity index is 135. The van der Waals surface area contributed by atoms with E-state index in [-0.39, 0.29) is 0 Å². The predicted octanol–water partition coefficient (Wildman–Crippen LogP) is 5.73. The van der Waals surface area contributed by atoms with Crippen LogP contribution in [0.4, 0.5) is 0 Å². The van der Waals surface area contributed by atoms with Gasteiger partial charge < -0.3 is 0 Å². The van der Waals surface area contributed by atoms with Crippen molar-refractivity contribution in [1.29, 1.82) is 0 Å². The first-order chi connectivity index (χ1) is 7.31. The van der Waals surface area contributed by atoms with E-state index in [1.165, 1.54) is 57.8 Å². The molecule has 0 saturated carbocycles. The van der Waals surface area contributed by atoms with Crippen molar-refractivity contribution in [2.45, 2.75) is 78.6 Å². The molecule has 0 nitrogen and oxygen atoms in total. The molecule has 0 spiro atoms. The molecule has 0 heterocycles. The molecule has 0 aliphatic carbocycles. The van der Waals surface area contributed by atoms with Gasteiger partial charge in [0.15, 0.2) is 0 Å². The Morgan fingerprint density at radius 1 is 0.867 bits per heavy atom. The predicted molar refractivity (Wildman–Crippen MR) is 71.2 cm³/mol. The van der Waals surface area contributed by atoms with Crippen LogP contribution in [-0.4, -0.2) is 0 Å². The van der Waals surface area contributed by atoms with Gasteiger partial charge in [-0.3, -0.25) is 0 Å². The van der Waals surface area contributed by atoms with Gasteiger partial charge in [0, 0.05) is 0 Å². The Balaban J connectivity index is 3.15. The quantitative estimate of drug-likeness (QED) is 0.319. The van der Waals surface area contributed by atoms with Crippen LogP contribution in [-0.2, 0) is 0 Å². The molecule has 0 aliphatic heterocycles. The number of hydrogen-bond donors (Lipinski definition) is 0. The molecule has 0 bridgehead atoms. The minimum atomic E-state index is 0.787. The van der Waals surface area contributed by atoms with Crippen LogP contribution in [0.25, 0.3) is 0 Å². The van der Waals surface area contributed by atoms with Crippen LogP contribution in [0.15, 0.2) is 12.2 Å². The maximum Gasteiger partial charge on any atom is -0.0262 e. The monoisotopic (exact) mass is 210 g/mol. The molecular weight excluding hydrogens is 180 g/mol. The standard InChI is InChI=1S/C15H30/c1-4-6-7-8-9-10-11-12-14-15(3)13-5-2/h12,14-15H,4-11,13H2,1-3H3/b14-12+. The molecule has 0 N–H and O–H groups in total. The second kappa shape index (κ2) is 11.8. The summed E-state index contributed by atoms with van der Waals surface area (Å²) in [4.78, 5) is 0. The van der Waals surface area contributed by atoms with E-state index in [9.17, 15) is 0 Å². The second-order valence-corrected chi connectivity index (χ2v) is 4.75. The van der Waals surface area contributed by atoms with Gasteiger partial charge in [-0.15, -0.1) is 0 Å². The second-order valence-electron chi connectivity index (χ2n) is 4.75. The number of hydrogen-bond acceptors (Lipinski definition) is 0. The van der Waals surface area contributed by atoms with Crippen LogP contribution in [0.2, 0.25) is 0 Å². The van der Waals surface area contributed by atoms with Gasteiger partial charge in [0.25, 0.3) is 0 Å². The summed E-state index contributed by atoms with van der Waals surface area (Å²) in [6.45, 7) is 6.86. The van der Waals surface area contributed by atoms with E-state index < -0.39 is 0 Å². The highest BCUT2D eigenvalue weighted by atomic mass is 14.0. The van der Waals surface area contributed by atoms with Crippen LogP contribution in [0.5, 0.6) is 0 Å². The van der Waals surface area contributed by atoms with Gasteiger partial charge in [-0.05, 0) is 25.2 Å². The van der Waals surface area contributed by atoms with Gasteiger partial charge in [-0.2, -0.15) is 0 Å². The fourth-order valence-corrected chi connectivity index (χ4v) is 1.92. The zero-order valence-electron chi connectivity index (χ0n) is 11.1. The lowest BCUT2D eigenvalue weighted by Crippen LogP contribution is -1.87. The summed E-state index contributed by atoms with van der Waals surface area (Å²) < 4.78 is 0. The molecule has 90 valence electrons. The van der Waals surface area contributed by atoms with Gasteiger partial charge >= 0.3 is 0 Å². The minimum absolute atomic E-state index is 0.787. The third kappa shape index (κ3) is 11.7. The molecule has 0 heteroatoms. The van der Waals surface area contributed by atoms with Crippen LogP contribution < -0.4 is 0 Å². The molecule has 0 aromatic rings. The van der Waals surface area contributed by atoms with Crippen LogP contribution >= 0.6 is 0 Å². The molecule has 0 fully saturated rings. The smallest absolute Gasteiger partial charge is 0.0262 e. The van der Waals surface area contributed by atoms with Crippen molar-refractivity contribution in [2.24, 2.45) is 5.92 Å². The molecule has 0 rings (SSSR count). The van der Waals surface area contributed by atoms with E-state index in [0.717, 1.165) is 5.92 Å². The summed E-state index contributed by atoms with van der Waals surface area (Å²) in [6, 6.07) is 0. The normalized spacial score (nSPS) is 13.5. The summed E-state index contributed by atoms with van der Waals surface area (Å²) in [5.74, 6) is 0.787. The highest BCUT2D eigenvalue weighted by Gasteiger charge is 1.93. The van der Waals surface area contributed by atoms with E-state index in [0.29, 0.717) is 0 Å². The topological polar surface area (TPSA) is 0 Å². The van der Waals surface area contributed by atoms with E-state index in [1.807, 2.05) is 0 Å². The van der Waals surface area contributed by atoms with Gasteiger partial charge in [-0.1, -0.05) is 71.4 Å². The van der Waals surface area contributed by atoms with Crippen molar-refractivity contribution in [1.82, 2.24) is 0 Å². The number of allylic oxidation sites excluding steroid dienone is 2. The van der Waals surface area contributed by atoms with Crippen molar-refractivity contribution in [3.8, 4) is 0 Å². The third-order valence-electron chi connectivity index (χ3n) is 2.93. The first-order valence-corrected chi connectivity index (χ1v) is 6.97. The molecule has 0 aliphatic rings. The Morgan fingerprint density at radius 3 is 2.20 bits per heavy atom. The van der Waals surface area contributed by atoms with Crippen molar-refractivity contribution in [3.05, 3.63) is 12.2 Å². The first kappa shape index (κ1) is 14.7. The lowest BCUT2D eigenvalue weighted by atomic mass is 10.0. The van der Waals surface area contributed by atoms with Crippen LogP contribution in [0.3, 0.4) is 0 Å². The van der Waals surface area contributed by atoms with Gasteiger partial charge in [0.1, 0.15) is 0 Å². The van der Waals surface area contributed by atoms with Crippen molar-refractivity contribution < 1.29 is 0 Å². The van der Waals surface area contributed by atoms with Gasteiger partial charge in [-0.25, -0.2) is 0 Å². The Labute approximate surface area is 97.2 Å². The van der Waals surface area contributed by atoms with Gasteiger partial charge in [0.2, 0.25) is 0 Å². The summed E-state index contributed by atoms with van der Waals surface area (Å²) in [5.41, 5.74) is 0. The van der Waals surface area contributed by atoms with Crippen LogP contribution in [0.1, 0.15) is 78.6 Å². The molecule has 15 heavy (non-hydrogen) atoms. The molecule has 0 aromatic heterocycles. The minimum Gasteiger partial charge on any atom is -0.0883 e. The maximum absolute atomic E-state index is 2.40. The molecular formula is C15H30. The van der Waals surface area contributed by atoms with Crippen molar-refractivity contribution >= 4 is 0 Å². The van der Waals surface area contributed by atoms with E-state index in [2.05, 4.69) is 32.9 Å². The molecule has 1 atom stereocenters. The van der Waals surface area contributed by atoms with Crippen molar-refractivity contribution in [3.63, 3.8) is 0 Å². The summed E-state index contributed by atoms with van der Waals surface area (Å²) in [5, 5.41) is 0. The zero-order chi connectivity index (χ0) is 11.4. The lowest BCUT2D eigenvalue weighted by Gasteiger charge is -2.02. The summed E-state index contributed by atoms with van der Waals surface area (Å²) in [7, 11) is 0. The summed E-state index contributed by atoms with van der Waals surface area (Å²) >= 11 is 0. The zero-order valence-corrected chi connectivity index (χ0v) is 11.1. The highest BCUT2D eigenvalue weighted by molar-refractivity contribution is 4.85. The Hall–Kier alpha value is -0.260. The largest absolute Gasteiger partial charge is 0.0883 e. The fourth-order valence-electron chi connectivity index (χ4n) is 1.92. The van der Waals surface area contributed by atoms with E-state index in [4.69, 9.17) is 0 Å². The Morgan fingerprint density at radius 2 is 1.53 bits per heavy atom. The van der Waals surface area contributed by atoms with E-state index in [1.54, 1.807) is 0 Å². The molecule has 0 aromatic carbocycles. The maximum atomic E-state index is 2.40. The first-order valence-electron chi connectivity index (χ1n) is 6.97. The highest BCUT2D eigenvalue weighted by Crippen LogP contribution is 2.10. The number of rotatable bonds is 10. The third-order valence-corrected chi connectivity index (χ3v) is 2.93. The average molecular weight is 210 g/mol. The Kier molecular flexibility index (Phi) is 11.6. The number of unbranched alkanes of at least 4 members (excludes halogenated alkanes) is 6. The summed E-state index contributed by atoms with van der Waals surface area (Å²) in [6.07, 6.45) is 17.2. The molecule has 1 unspecified atom stereocenters. The molecule has 0 radical (unpaired) electrons.